The van der Waals surface area contributed by atoms with Gasteiger partial charge in [0.2, 0.25) is 0 Å². The first-order valence-corrected chi connectivity index (χ1v) is 6.53. The number of carbonyl (C=O) groups excluding carboxylic acids is 1. The maximum absolute atomic E-state index is 11.5. The van der Waals surface area contributed by atoms with E-state index in [1.807, 2.05) is 13.8 Å². The fourth-order valence-electron chi connectivity index (χ4n) is 1.58. The maximum atomic E-state index is 11.5. The van der Waals surface area contributed by atoms with Crippen LogP contribution in [0.15, 0.2) is 6.07 Å². The largest absolute Gasteiger partial charge is 0.469 e. The molecule has 96 valence electrons. The maximum Gasteiger partial charge on any atom is 0.312 e. The molecule has 0 aliphatic carbocycles. The van der Waals surface area contributed by atoms with Crippen molar-refractivity contribution in [3.63, 3.8) is 0 Å². The molecule has 0 amide bonds. The molecule has 3 nitrogen and oxygen atoms in total. The quantitative estimate of drug-likeness (QED) is 0.822. The van der Waals surface area contributed by atoms with E-state index in [1.54, 1.807) is 11.3 Å². The molecule has 0 saturated carbocycles. The number of methoxy groups -OCH3 is 1. The number of ether oxygens (including phenoxy) is 1. The highest BCUT2D eigenvalue weighted by atomic mass is 32.1. The summed E-state index contributed by atoms with van der Waals surface area (Å²) in [6, 6.07) is 2.19. The number of hydrogen-bond acceptors (Lipinski definition) is 4. The molecule has 0 aliphatic heterocycles. The second-order valence-corrected chi connectivity index (χ2v) is 6.27. The first-order valence-electron chi connectivity index (χ1n) is 5.72. The Bertz CT molecular complexity index is 377. The number of hydrogen-bond donors (Lipinski definition) is 1. The molecular formula is C13H21NO2S. The average molecular weight is 255 g/mol. The molecule has 4 heteroatoms. The molecule has 0 aromatic carbocycles. The average Bonchev–Trinajstić information content (AvgIpc) is 2.57. The Labute approximate surface area is 107 Å². The van der Waals surface area contributed by atoms with Gasteiger partial charge in [0.15, 0.2) is 0 Å². The minimum atomic E-state index is -0.476. The van der Waals surface area contributed by atoms with Crippen LogP contribution in [0, 0.1) is 19.3 Å². The number of nitrogens with one attached hydrogen (secondary N) is 1. The van der Waals surface area contributed by atoms with E-state index in [0.717, 1.165) is 6.54 Å². The predicted molar refractivity (Wildman–Crippen MR) is 71.3 cm³/mol. The summed E-state index contributed by atoms with van der Waals surface area (Å²) in [6.07, 6.45) is 0. The summed E-state index contributed by atoms with van der Waals surface area (Å²) in [4.78, 5) is 14.1. The lowest BCUT2D eigenvalue weighted by Crippen LogP contribution is -2.36. The zero-order chi connectivity index (χ0) is 13.1. The van der Waals surface area contributed by atoms with Gasteiger partial charge in [0, 0.05) is 22.8 Å². The van der Waals surface area contributed by atoms with Crippen molar-refractivity contribution in [3.8, 4) is 0 Å². The Hall–Kier alpha value is -0.870. The van der Waals surface area contributed by atoms with Crippen LogP contribution in [0.5, 0.6) is 0 Å². The molecule has 0 atom stereocenters. The summed E-state index contributed by atoms with van der Waals surface area (Å²) in [7, 11) is 1.43. The highest BCUT2D eigenvalue weighted by Gasteiger charge is 2.27. The molecule has 0 aliphatic rings. The second kappa shape index (κ2) is 5.65. The van der Waals surface area contributed by atoms with Crippen LogP contribution in [0.2, 0.25) is 0 Å². The van der Waals surface area contributed by atoms with E-state index >= 15 is 0 Å². The van der Waals surface area contributed by atoms with Crippen molar-refractivity contribution in [2.24, 2.45) is 5.41 Å². The van der Waals surface area contributed by atoms with Crippen molar-refractivity contribution in [1.82, 2.24) is 5.32 Å². The third-order valence-electron chi connectivity index (χ3n) is 2.82. The van der Waals surface area contributed by atoms with Crippen LogP contribution < -0.4 is 5.32 Å². The van der Waals surface area contributed by atoms with Gasteiger partial charge < -0.3 is 10.1 Å². The molecule has 1 N–H and O–H groups in total. The minimum Gasteiger partial charge on any atom is -0.469 e. The van der Waals surface area contributed by atoms with Gasteiger partial charge in [-0.05, 0) is 39.3 Å². The van der Waals surface area contributed by atoms with E-state index in [-0.39, 0.29) is 5.97 Å². The topological polar surface area (TPSA) is 38.3 Å². The van der Waals surface area contributed by atoms with Gasteiger partial charge in [0.25, 0.3) is 0 Å². The molecule has 1 heterocycles. The summed E-state index contributed by atoms with van der Waals surface area (Å²) >= 11 is 1.80. The molecule has 1 aromatic heterocycles. The smallest absolute Gasteiger partial charge is 0.312 e. The monoisotopic (exact) mass is 255 g/mol. The minimum absolute atomic E-state index is 0.177. The molecule has 0 unspecified atom stereocenters. The van der Waals surface area contributed by atoms with Crippen molar-refractivity contribution < 1.29 is 9.53 Å². The second-order valence-electron chi connectivity index (χ2n) is 4.93. The van der Waals surface area contributed by atoms with E-state index in [4.69, 9.17) is 4.74 Å². The van der Waals surface area contributed by atoms with Crippen molar-refractivity contribution in [2.75, 3.05) is 13.7 Å². The molecule has 0 bridgehead atoms. The molecule has 0 radical (unpaired) electrons. The number of aryl methyl sites for hydroxylation is 2. The number of thiophene rings is 1. The van der Waals surface area contributed by atoms with Crippen molar-refractivity contribution in [2.45, 2.75) is 34.2 Å². The third kappa shape index (κ3) is 3.82. The number of carbonyl (C=O) groups is 1. The van der Waals surface area contributed by atoms with Crippen LogP contribution in [-0.4, -0.2) is 19.6 Å². The van der Waals surface area contributed by atoms with Gasteiger partial charge in [-0.3, -0.25) is 4.79 Å². The molecule has 17 heavy (non-hydrogen) atoms. The van der Waals surface area contributed by atoms with E-state index in [2.05, 4.69) is 25.2 Å². The highest BCUT2D eigenvalue weighted by Crippen LogP contribution is 2.21. The molecule has 0 saturated heterocycles. The fourth-order valence-corrected chi connectivity index (χ4v) is 2.61. The lowest BCUT2D eigenvalue weighted by Gasteiger charge is -2.21. The van der Waals surface area contributed by atoms with E-state index < -0.39 is 5.41 Å². The van der Waals surface area contributed by atoms with E-state index in [1.165, 1.54) is 22.4 Å². The van der Waals surface area contributed by atoms with Crippen LogP contribution in [0.25, 0.3) is 0 Å². The SMILES string of the molecule is COC(=O)C(C)(C)CNCc1cc(C)c(C)s1. The van der Waals surface area contributed by atoms with E-state index in [0.29, 0.717) is 6.54 Å². The van der Waals surface area contributed by atoms with Crippen molar-refractivity contribution in [3.05, 3.63) is 21.4 Å². The lowest BCUT2D eigenvalue weighted by atomic mass is 9.94. The summed E-state index contributed by atoms with van der Waals surface area (Å²) in [5.74, 6) is -0.177. The van der Waals surface area contributed by atoms with Crippen molar-refractivity contribution >= 4 is 17.3 Å². The summed E-state index contributed by atoms with van der Waals surface area (Å²) in [6.45, 7) is 9.44. The first kappa shape index (κ1) is 14.2. The van der Waals surface area contributed by atoms with Gasteiger partial charge in [-0.1, -0.05) is 0 Å². The zero-order valence-electron chi connectivity index (χ0n) is 11.2. The van der Waals surface area contributed by atoms with Gasteiger partial charge in [0.1, 0.15) is 0 Å². The highest BCUT2D eigenvalue weighted by molar-refractivity contribution is 7.12. The number of rotatable bonds is 5. The first-order chi connectivity index (χ1) is 7.86. The molecule has 1 aromatic rings. The normalized spacial score (nSPS) is 11.6. The van der Waals surface area contributed by atoms with Gasteiger partial charge >= 0.3 is 5.97 Å². The Morgan fingerprint density at radius 3 is 2.59 bits per heavy atom. The Morgan fingerprint density at radius 2 is 2.12 bits per heavy atom. The van der Waals surface area contributed by atoms with Gasteiger partial charge in [0.05, 0.1) is 12.5 Å². The zero-order valence-corrected chi connectivity index (χ0v) is 12.0. The molecule has 0 spiro atoms. The summed E-state index contributed by atoms with van der Waals surface area (Å²) < 4.78 is 4.76. The number of esters is 1. The summed E-state index contributed by atoms with van der Waals surface area (Å²) in [5.41, 5.74) is 0.856. The van der Waals surface area contributed by atoms with E-state index in [9.17, 15) is 4.79 Å². The van der Waals surface area contributed by atoms with Crippen LogP contribution in [-0.2, 0) is 16.1 Å². The standard InChI is InChI=1S/C13H21NO2S/c1-9-6-11(17-10(9)2)7-14-8-13(3,4)12(15)16-5/h6,14H,7-8H2,1-5H3. The lowest BCUT2D eigenvalue weighted by molar-refractivity contribution is -0.150. The van der Waals surface area contributed by atoms with Gasteiger partial charge in [-0.15, -0.1) is 11.3 Å². The van der Waals surface area contributed by atoms with Crippen LogP contribution in [0.3, 0.4) is 0 Å². The van der Waals surface area contributed by atoms with Crippen LogP contribution in [0.1, 0.15) is 29.2 Å². The third-order valence-corrected chi connectivity index (χ3v) is 3.97. The summed E-state index contributed by atoms with van der Waals surface area (Å²) in [5, 5.41) is 3.31. The van der Waals surface area contributed by atoms with Gasteiger partial charge in [-0.2, -0.15) is 0 Å². The predicted octanol–water partition coefficient (Wildman–Crippen LogP) is 2.65. The molecular weight excluding hydrogens is 234 g/mol. The fraction of sp³-hybridized carbons (Fsp3) is 0.615. The van der Waals surface area contributed by atoms with Crippen LogP contribution >= 0.6 is 11.3 Å². The van der Waals surface area contributed by atoms with Crippen LogP contribution in [0.4, 0.5) is 0 Å². The Kier molecular flexibility index (Phi) is 4.71. The Morgan fingerprint density at radius 1 is 1.47 bits per heavy atom. The Balaban J connectivity index is 2.45. The van der Waals surface area contributed by atoms with Crippen molar-refractivity contribution in [1.29, 1.82) is 0 Å². The van der Waals surface area contributed by atoms with Gasteiger partial charge in [-0.25, -0.2) is 0 Å². The molecule has 0 fully saturated rings. The molecule has 1 rings (SSSR count).